The summed E-state index contributed by atoms with van der Waals surface area (Å²) in [6, 6.07) is 14.2. The van der Waals surface area contributed by atoms with Gasteiger partial charge in [-0.15, -0.1) is 0 Å². The van der Waals surface area contributed by atoms with E-state index in [1.165, 1.54) is 0 Å². The maximum absolute atomic E-state index is 13.2. The van der Waals surface area contributed by atoms with Crippen LogP contribution in [0, 0.1) is 0 Å². The van der Waals surface area contributed by atoms with Crippen LogP contribution < -0.4 is 5.73 Å². The van der Waals surface area contributed by atoms with Crippen molar-refractivity contribution >= 4 is 40.0 Å². The molecule has 0 unspecified atom stereocenters. The Morgan fingerprint density at radius 3 is 2.62 bits per heavy atom. The third-order valence-electron chi connectivity index (χ3n) is 5.74. The zero-order valence-electron chi connectivity index (χ0n) is 18.7. The van der Waals surface area contributed by atoms with E-state index >= 15 is 0 Å². The number of rotatable bonds is 6. The molecule has 0 saturated carbocycles. The van der Waals surface area contributed by atoms with Gasteiger partial charge in [-0.05, 0) is 50.1 Å². The third kappa shape index (κ3) is 3.94. The Balaban J connectivity index is 1.65. The van der Waals surface area contributed by atoms with Crippen LogP contribution in [0.3, 0.4) is 0 Å². The summed E-state index contributed by atoms with van der Waals surface area (Å²) >= 11 is 0. The smallest absolute Gasteiger partial charge is 0.344 e. The standard InChI is InChI=1S/C25H24N4O5/c1-2-32-24(30)15-7-5-8-16(13-15)29-22(26)20(25(31)34-14-17-9-6-12-33-17)21-23(29)28-19-11-4-3-10-18(19)27-21/h3-5,7-8,10-11,13,17H,2,6,9,12,14,26H2,1H3/t17-/m0/s1. The summed E-state index contributed by atoms with van der Waals surface area (Å²) in [5.41, 5.74) is 9.55. The predicted octanol–water partition coefficient (Wildman–Crippen LogP) is 3.67. The fourth-order valence-corrected chi connectivity index (χ4v) is 4.13. The number of anilines is 1. The number of aromatic nitrogens is 3. The van der Waals surface area contributed by atoms with Crippen LogP contribution >= 0.6 is 0 Å². The minimum absolute atomic E-state index is 0.119. The second-order valence-corrected chi connectivity index (χ2v) is 7.98. The van der Waals surface area contributed by atoms with Gasteiger partial charge in [0.1, 0.15) is 23.5 Å². The van der Waals surface area contributed by atoms with Gasteiger partial charge in [-0.1, -0.05) is 18.2 Å². The highest BCUT2D eigenvalue weighted by Crippen LogP contribution is 2.32. The summed E-state index contributed by atoms with van der Waals surface area (Å²) in [7, 11) is 0. The number of benzene rings is 2. The number of carbonyl (C=O) groups excluding carboxylic acids is 2. The van der Waals surface area contributed by atoms with E-state index in [2.05, 4.69) is 4.98 Å². The van der Waals surface area contributed by atoms with E-state index in [1.807, 2.05) is 24.3 Å². The molecule has 9 nitrogen and oxygen atoms in total. The van der Waals surface area contributed by atoms with E-state index in [0.29, 0.717) is 40.1 Å². The highest BCUT2D eigenvalue weighted by atomic mass is 16.6. The average molecular weight is 460 g/mol. The summed E-state index contributed by atoms with van der Waals surface area (Å²) in [5, 5.41) is 0. The molecule has 2 N–H and O–H groups in total. The number of fused-ring (bicyclic) bond motifs is 2. The molecule has 2 aromatic carbocycles. The average Bonchev–Trinajstić information content (AvgIpc) is 3.46. The lowest BCUT2D eigenvalue weighted by Gasteiger charge is -2.11. The summed E-state index contributed by atoms with van der Waals surface area (Å²) in [4.78, 5) is 34.9. The number of hydrogen-bond acceptors (Lipinski definition) is 8. The van der Waals surface area contributed by atoms with Gasteiger partial charge in [-0.2, -0.15) is 0 Å². The van der Waals surface area contributed by atoms with Gasteiger partial charge in [0.2, 0.25) is 0 Å². The van der Waals surface area contributed by atoms with E-state index in [4.69, 9.17) is 24.9 Å². The fourth-order valence-electron chi connectivity index (χ4n) is 4.13. The van der Waals surface area contributed by atoms with Crippen LogP contribution in [0.5, 0.6) is 0 Å². The molecule has 0 bridgehead atoms. The van der Waals surface area contributed by atoms with Gasteiger partial charge in [0.05, 0.1) is 29.3 Å². The molecule has 3 heterocycles. The van der Waals surface area contributed by atoms with E-state index in [0.717, 1.165) is 12.8 Å². The van der Waals surface area contributed by atoms with Crippen LogP contribution in [0.25, 0.3) is 27.9 Å². The topological polar surface area (TPSA) is 119 Å². The highest BCUT2D eigenvalue weighted by molar-refractivity contribution is 6.09. The van der Waals surface area contributed by atoms with Crippen molar-refractivity contribution < 1.29 is 23.8 Å². The van der Waals surface area contributed by atoms with Gasteiger partial charge in [-0.25, -0.2) is 19.6 Å². The Morgan fingerprint density at radius 1 is 1.09 bits per heavy atom. The van der Waals surface area contributed by atoms with E-state index in [-0.39, 0.29) is 30.7 Å². The first-order valence-corrected chi connectivity index (χ1v) is 11.2. The van der Waals surface area contributed by atoms with Gasteiger partial charge in [0, 0.05) is 12.3 Å². The van der Waals surface area contributed by atoms with Crippen LogP contribution in [-0.4, -0.2) is 52.4 Å². The lowest BCUT2D eigenvalue weighted by atomic mass is 10.2. The molecule has 0 amide bonds. The van der Waals surface area contributed by atoms with Gasteiger partial charge >= 0.3 is 11.9 Å². The lowest BCUT2D eigenvalue weighted by Crippen LogP contribution is -2.18. The number of para-hydroxylation sites is 2. The Kier molecular flexibility index (Phi) is 5.85. The number of nitrogens with two attached hydrogens (primary N) is 1. The van der Waals surface area contributed by atoms with Gasteiger partial charge in [-0.3, -0.25) is 4.57 Å². The summed E-state index contributed by atoms with van der Waals surface area (Å²) in [5.74, 6) is -0.918. The number of esters is 2. The predicted molar refractivity (Wildman–Crippen MR) is 126 cm³/mol. The summed E-state index contributed by atoms with van der Waals surface area (Å²) < 4.78 is 17.9. The van der Waals surface area contributed by atoms with E-state index < -0.39 is 11.9 Å². The molecule has 34 heavy (non-hydrogen) atoms. The Morgan fingerprint density at radius 2 is 1.88 bits per heavy atom. The molecule has 2 aromatic heterocycles. The van der Waals surface area contributed by atoms with Crippen molar-refractivity contribution in [3.05, 3.63) is 59.7 Å². The molecule has 0 radical (unpaired) electrons. The van der Waals surface area contributed by atoms with Crippen molar-refractivity contribution in [1.29, 1.82) is 0 Å². The van der Waals surface area contributed by atoms with Crippen molar-refractivity contribution in [3.63, 3.8) is 0 Å². The summed E-state index contributed by atoms with van der Waals surface area (Å²) in [6.07, 6.45) is 1.67. The second-order valence-electron chi connectivity index (χ2n) is 7.98. The SMILES string of the molecule is CCOC(=O)c1cccc(-n2c(N)c(C(=O)OC[C@@H]3CCCO3)c3nc4ccccc4nc32)c1. The number of nitrogens with zero attached hydrogens (tertiary/aromatic N) is 3. The number of carbonyl (C=O) groups is 2. The first-order valence-electron chi connectivity index (χ1n) is 11.2. The number of nitrogen functional groups attached to an aromatic ring is 1. The van der Waals surface area contributed by atoms with E-state index in [1.54, 1.807) is 35.8 Å². The van der Waals surface area contributed by atoms with Crippen LogP contribution in [0.15, 0.2) is 48.5 Å². The molecule has 174 valence electrons. The molecule has 1 aliphatic heterocycles. The zero-order chi connectivity index (χ0) is 23.7. The van der Waals surface area contributed by atoms with Crippen LogP contribution in [0.4, 0.5) is 5.82 Å². The van der Waals surface area contributed by atoms with Gasteiger partial charge in [0.25, 0.3) is 0 Å². The molecule has 5 rings (SSSR count). The van der Waals surface area contributed by atoms with Crippen molar-refractivity contribution in [3.8, 4) is 5.69 Å². The molecule has 0 spiro atoms. The molecule has 1 saturated heterocycles. The maximum atomic E-state index is 13.2. The van der Waals surface area contributed by atoms with Crippen LogP contribution in [0.2, 0.25) is 0 Å². The Labute approximate surface area is 195 Å². The van der Waals surface area contributed by atoms with Gasteiger partial charge in [0.15, 0.2) is 5.65 Å². The molecule has 9 heteroatoms. The van der Waals surface area contributed by atoms with Crippen molar-refractivity contribution in [1.82, 2.24) is 14.5 Å². The first kappa shape index (κ1) is 21.8. The maximum Gasteiger partial charge on any atom is 0.344 e. The first-order chi connectivity index (χ1) is 16.6. The van der Waals surface area contributed by atoms with Crippen LogP contribution in [0.1, 0.15) is 40.5 Å². The summed E-state index contributed by atoms with van der Waals surface area (Å²) in [6.45, 7) is 2.81. The van der Waals surface area contributed by atoms with Crippen molar-refractivity contribution in [2.45, 2.75) is 25.9 Å². The van der Waals surface area contributed by atoms with Crippen molar-refractivity contribution in [2.24, 2.45) is 0 Å². The van der Waals surface area contributed by atoms with E-state index in [9.17, 15) is 9.59 Å². The fraction of sp³-hybridized carbons (Fsp3) is 0.280. The molecular formula is C25H24N4O5. The van der Waals surface area contributed by atoms with Gasteiger partial charge < -0.3 is 19.9 Å². The number of ether oxygens (including phenoxy) is 3. The number of hydrogen-bond donors (Lipinski definition) is 1. The molecule has 4 aromatic rings. The molecule has 1 fully saturated rings. The monoisotopic (exact) mass is 460 g/mol. The largest absolute Gasteiger partial charge is 0.462 e. The Hall–Kier alpha value is -3.98. The minimum Gasteiger partial charge on any atom is -0.462 e. The molecular weight excluding hydrogens is 436 g/mol. The highest BCUT2D eigenvalue weighted by Gasteiger charge is 2.27. The second kappa shape index (κ2) is 9.11. The molecule has 0 aliphatic carbocycles. The quantitative estimate of drug-likeness (QED) is 0.433. The third-order valence-corrected chi connectivity index (χ3v) is 5.74. The zero-order valence-corrected chi connectivity index (χ0v) is 18.7. The lowest BCUT2D eigenvalue weighted by molar-refractivity contribution is 0.0163. The molecule has 1 atom stereocenters. The van der Waals surface area contributed by atoms with Crippen molar-refractivity contribution in [2.75, 3.05) is 25.6 Å². The molecule has 1 aliphatic rings. The normalized spacial score (nSPS) is 15.6. The Bertz CT molecular complexity index is 1390. The van der Waals surface area contributed by atoms with Crippen LogP contribution in [-0.2, 0) is 14.2 Å². The minimum atomic E-state index is -0.595.